The Labute approximate surface area is 96.5 Å². The van der Waals surface area contributed by atoms with Gasteiger partial charge < -0.3 is 9.84 Å². The van der Waals surface area contributed by atoms with Crippen LogP contribution >= 0.6 is 0 Å². The lowest BCUT2D eigenvalue weighted by Crippen LogP contribution is -2.23. The van der Waals surface area contributed by atoms with E-state index in [-0.39, 0.29) is 6.10 Å². The van der Waals surface area contributed by atoms with Gasteiger partial charge >= 0.3 is 5.97 Å². The Kier molecular flexibility index (Phi) is 3.33. The maximum absolute atomic E-state index is 10.8. The molecule has 3 heteroatoms. The van der Waals surface area contributed by atoms with Crippen LogP contribution in [0.15, 0.2) is 12.2 Å². The quantitative estimate of drug-likeness (QED) is 0.730. The van der Waals surface area contributed by atoms with Crippen LogP contribution in [0.5, 0.6) is 0 Å². The number of carbonyl (C=O) groups is 1. The average molecular weight is 224 g/mol. The van der Waals surface area contributed by atoms with Gasteiger partial charge in [-0.2, -0.15) is 0 Å². The van der Waals surface area contributed by atoms with Gasteiger partial charge in [-0.1, -0.05) is 12.2 Å². The molecule has 90 valence electrons. The zero-order chi connectivity index (χ0) is 11.7. The first-order chi connectivity index (χ1) is 7.58. The Hall–Kier alpha value is -0.830. The van der Waals surface area contributed by atoms with Crippen molar-refractivity contribution in [2.45, 2.75) is 38.7 Å². The second-order valence-corrected chi connectivity index (χ2v) is 5.31. The lowest BCUT2D eigenvalue weighted by molar-refractivity contribution is -0.138. The molecule has 2 aliphatic rings. The number of carboxylic acids is 1. The van der Waals surface area contributed by atoms with Gasteiger partial charge in [0.05, 0.1) is 12.7 Å². The number of rotatable bonds is 5. The first-order valence-corrected chi connectivity index (χ1v) is 6.05. The van der Waals surface area contributed by atoms with E-state index in [1.54, 1.807) is 0 Å². The third-order valence-electron chi connectivity index (χ3n) is 3.99. The summed E-state index contributed by atoms with van der Waals surface area (Å²) in [5.41, 5.74) is 1.04. The highest BCUT2D eigenvalue weighted by molar-refractivity contribution is 5.67. The minimum absolute atomic E-state index is 0.278. The van der Waals surface area contributed by atoms with Gasteiger partial charge in [0.2, 0.25) is 0 Å². The summed E-state index contributed by atoms with van der Waals surface area (Å²) in [6, 6.07) is 0. The van der Waals surface area contributed by atoms with E-state index in [4.69, 9.17) is 9.84 Å². The predicted octanol–water partition coefficient (Wildman–Crippen LogP) is 2.47. The number of fused-ring (bicyclic) bond motifs is 2. The Bertz CT molecular complexity index is 298. The molecule has 3 nitrogen and oxygen atoms in total. The number of hydrogen-bond donors (Lipinski definition) is 1. The Balaban J connectivity index is 1.91. The maximum Gasteiger partial charge on any atom is 0.303 e. The minimum Gasteiger partial charge on any atom is -0.481 e. The molecule has 0 aromatic rings. The first kappa shape index (κ1) is 11.6. The van der Waals surface area contributed by atoms with Crippen LogP contribution < -0.4 is 0 Å². The van der Waals surface area contributed by atoms with Crippen molar-refractivity contribution in [3.63, 3.8) is 0 Å². The lowest BCUT2D eigenvalue weighted by atomic mass is 9.94. The number of hydrogen-bond acceptors (Lipinski definition) is 2. The SMILES string of the molecule is C=C(C)COC1CC2CCC1C2CC(=O)O. The smallest absolute Gasteiger partial charge is 0.303 e. The lowest BCUT2D eigenvalue weighted by Gasteiger charge is -2.22. The van der Waals surface area contributed by atoms with Crippen molar-refractivity contribution in [2.24, 2.45) is 17.8 Å². The first-order valence-electron chi connectivity index (χ1n) is 6.05. The van der Waals surface area contributed by atoms with Crippen LogP contribution in [0, 0.1) is 17.8 Å². The van der Waals surface area contributed by atoms with E-state index in [9.17, 15) is 4.79 Å². The molecular formula is C13H20O3. The fourth-order valence-electron chi connectivity index (χ4n) is 3.37. The average Bonchev–Trinajstić information content (AvgIpc) is 2.71. The van der Waals surface area contributed by atoms with Gasteiger partial charge in [-0.3, -0.25) is 4.79 Å². The minimum atomic E-state index is -0.664. The molecule has 0 radical (unpaired) electrons. The highest BCUT2D eigenvalue weighted by Crippen LogP contribution is 2.52. The van der Waals surface area contributed by atoms with Crippen LogP contribution in [-0.2, 0) is 9.53 Å². The van der Waals surface area contributed by atoms with Crippen LogP contribution in [0.25, 0.3) is 0 Å². The maximum atomic E-state index is 10.8. The van der Waals surface area contributed by atoms with Gasteiger partial charge in [0.25, 0.3) is 0 Å². The predicted molar refractivity (Wildman–Crippen MR) is 61.1 cm³/mol. The molecule has 4 unspecified atom stereocenters. The van der Waals surface area contributed by atoms with Crippen LogP contribution in [-0.4, -0.2) is 23.8 Å². The van der Waals surface area contributed by atoms with Crippen LogP contribution in [0.4, 0.5) is 0 Å². The number of ether oxygens (including phenoxy) is 1. The van der Waals surface area contributed by atoms with Crippen LogP contribution in [0.2, 0.25) is 0 Å². The third-order valence-corrected chi connectivity index (χ3v) is 3.99. The molecule has 2 aliphatic carbocycles. The fraction of sp³-hybridized carbons (Fsp3) is 0.769. The molecular weight excluding hydrogens is 204 g/mol. The molecule has 0 saturated heterocycles. The van der Waals surface area contributed by atoms with Crippen molar-refractivity contribution < 1.29 is 14.6 Å². The summed E-state index contributed by atoms with van der Waals surface area (Å²) in [6.45, 7) is 6.41. The summed E-state index contributed by atoms with van der Waals surface area (Å²) in [6.07, 6.45) is 3.98. The number of carboxylic acid groups (broad SMARTS) is 1. The molecule has 2 rings (SSSR count). The molecule has 2 bridgehead atoms. The van der Waals surface area contributed by atoms with Crippen molar-refractivity contribution in [2.75, 3.05) is 6.61 Å². The van der Waals surface area contributed by atoms with Crippen molar-refractivity contribution in [1.29, 1.82) is 0 Å². The molecule has 0 aromatic carbocycles. The molecule has 4 atom stereocenters. The molecule has 0 aromatic heterocycles. The standard InChI is InChI=1S/C13H20O3/c1-8(2)7-16-12-5-9-3-4-10(12)11(9)6-13(14)15/h9-12H,1,3-7H2,2H3,(H,14,15). The topological polar surface area (TPSA) is 46.5 Å². The monoisotopic (exact) mass is 224 g/mol. The van der Waals surface area contributed by atoms with E-state index < -0.39 is 5.97 Å². The second-order valence-electron chi connectivity index (χ2n) is 5.31. The van der Waals surface area contributed by atoms with E-state index in [0.717, 1.165) is 18.4 Å². The Morgan fingerprint density at radius 3 is 2.88 bits per heavy atom. The fourth-order valence-corrected chi connectivity index (χ4v) is 3.37. The molecule has 0 spiro atoms. The van der Waals surface area contributed by atoms with Crippen LogP contribution in [0.3, 0.4) is 0 Å². The van der Waals surface area contributed by atoms with Gasteiger partial charge in [0.1, 0.15) is 0 Å². The second kappa shape index (κ2) is 4.58. The van der Waals surface area contributed by atoms with Gasteiger partial charge in [0, 0.05) is 6.42 Å². The summed E-state index contributed by atoms with van der Waals surface area (Å²) in [5, 5.41) is 8.89. The van der Waals surface area contributed by atoms with Gasteiger partial charge in [-0.15, -0.1) is 0 Å². The highest BCUT2D eigenvalue weighted by Gasteiger charge is 2.48. The molecule has 0 aliphatic heterocycles. The van der Waals surface area contributed by atoms with Crippen molar-refractivity contribution in [3.05, 3.63) is 12.2 Å². The normalized spacial score (nSPS) is 36.6. The number of aliphatic carboxylic acids is 1. The van der Waals surface area contributed by atoms with Gasteiger partial charge in [-0.25, -0.2) is 0 Å². The van der Waals surface area contributed by atoms with Crippen molar-refractivity contribution in [3.8, 4) is 0 Å². The van der Waals surface area contributed by atoms with E-state index in [1.165, 1.54) is 6.42 Å². The molecule has 0 amide bonds. The summed E-state index contributed by atoms with van der Waals surface area (Å²) in [5.74, 6) is 0.742. The van der Waals surface area contributed by atoms with E-state index >= 15 is 0 Å². The Morgan fingerprint density at radius 1 is 1.50 bits per heavy atom. The van der Waals surface area contributed by atoms with E-state index in [0.29, 0.717) is 30.8 Å². The molecule has 2 saturated carbocycles. The molecule has 1 N–H and O–H groups in total. The summed E-state index contributed by atoms with van der Waals surface area (Å²) in [7, 11) is 0. The summed E-state index contributed by atoms with van der Waals surface area (Å²) >= 11 is 0. The molecule has 0 heterocycles. The zero-order valence-electron chi connectivity index (χ0n) is 9.82. The van der Waals surface area contributed by atoms with Gasteiger partial charge in [-0.05, 0) is 43.9 Å². The zero-order valence-corrected chi connectivity index (χ0v) is 9.82. The largest absolute Gasteiger partial charge is 0.481 e. The van der Waals surface area contributed by atoms with Crippen LogP contribution in [0.1, 0.15) is 32.6 Å². The van der Waals surface area contributed by atoms with Gasteiger partial charge in [0.15, 0.2) is 0 Å². The highest BCUT2D eigenvalue weighted by atomic mass is 16.5. The van der Waals surface area contributed by atoms with Crippen molar-refractivity contribution >= 4 is 5.97 Å². The van der Waals surface area contributed by atoms with Crippen molar-refractivity contribution in [1.82, 2.24) is 0 Å². The van der Waals surface area contributed by atoms with E-state index in [2.05, 4.69) is 6.58 Å². The van der Waals surface area contributed by atoms with E-state index in [1.807, 2.05) is 6.92 Å². The summed E-state index contributed by atoms with van der Waals surface area (Å²) < 4.78 is 5.82. The Morgan fingerprint density at radius 2 is 2.25 bits per heavy atom. The molecule has 16 heavy (non-hydrogen) atoms. The third kappa shape index (κ3) is 2.29. The summed E-state index contributed by atoms with van der Waals surface area (Å²) in [4.78, 5) is 10.8. The molecule has 2 fully saturated rings.